The molecule has 0 radical (unpaired) electrons. The summed E-state index contributed by atoms with van der Waals surface area (Å²) in [6, 6.07) is 17.2. The molecule has 0 bridgehead atoms. The standard InChI is InChI=1S/C20H14FN3O2/c21-16-9-2-1-5-14(16)11-22-23-18(25)12-24-17-10-4-7-13-6-3-8-15(19(13)17)20(24)26/h1-11H,12H2,(H,23,25)/b22-11-. The van der Waals surface area contributed by atoms with Crippen LogP contribution < -0.4 is 10.3 Å². The van der Waals surface area contributed by atoms with Gasteiger partial charge in [0, 0.05) is 16.5 Å². The zero-order valence-corrected chi connectivity index (χ0v) is 13.6. The molecule has 2 amide bonds. The highest BCUT2D eigenvalue weighted by atomic mass is 19.1. The number of hydrazone groups is 1. The summed E-state index contributed by atoms with van der Waals surface area (Å²) in [6.07, 6.45) is 1.23. The van der Waals surface area contributed by atoms with Gasteiger partial charge in [-0.25, -0.2) is 9.82 Å². The van der Waals surface area contributed by atoms with Gasteiger partial charge in [-0.1, -0.05) is 42.5 Å². The summed E-state index contributed by atoms with van der Waals surface area (Å²) in [4.78, 5) is 26.2. The molecule has 0 aliphatic carbocycles. The average Bonchev–Trinajstić information content (AvgIpc) is 2.91. The van der Waals surface area contributed by atoms with Crippen molar-refractivity contribution >= 4 is 34.5 Å². The van der Waals surface area contributed by atoms with Crippen LogP contribution in [0.2, 0.25) is 0 Å². The predicted molar refractivity (Wildman–Crippen MR) is 97.8 cm³/mol. The minimum absolute atomic E-state index is 0.165. The number of anilines is 1. The average molecular weight is 347 g/mol. The van der Waals surface area contributed by atoms with E-state index in [1.807, 2.05) is 30.3 Å². The Morgan fingerprint density at radius 2 is 1.85 bits per heavy atom. The van der Waals surface area contributed by atoms with Gasteiger partial charge in [-0.15, -0.1) is 0 Å². The van der Waals surface area contributed by atoms with E-state index in [-0.39, 0.29) is 18.0 Å². The zero-order valence-electron chi connectivity index (χ0n) is 13.6. The highest BCUT2D eigenvalue weighted by Gasteiger charge is 2.30. The Labute approximate surface area is 148 Å². The minimum atomic E-state index is -0.462. The molecule has 26 heavy (non-hydrogen) atoms. The second kappa shape index (κ2) is 6.40. The maximum absolute atomic E-state index is 13.5. The lowest BCUT2D eigenvalue weighted by Crippen LogP contribution is -2.37. The first-order chi connectivity index (χ1) is 12.6. The van der Waals surface area contributed by atoms with Gasteiger partial charge >= 0.3 is 0 Å². The van der Waals surface area contributed by atoms with Crippen molar-refractivity contribution in [2.45, 2.75) is 0 Å². The van der Waals surface area contributed by atoms with Gasteiger partial charge < -0.3 is 0 Å². The van der Waals surface area contributed by atoms with E-state index >= 15 is 0 Å². The number of hydrogen-bond acceptors (Lipinski definition) is 3. The monoisotopic (exact) mass is 347 g/mol. The molecule has 0 saturated carbocycles. The van der Waals surface area contributed by atoms with Crippen molar-refractivity contribution < 1.29 is 14.0 Å². The van der Waals surface area contributed by atoms with Crippen LogP contribution in [0.3, 0.4) is 0 Å². The van der Waals surface area contributed by atoms with Crippen LogP contribution in [0.15, 0.2) is 65.8 Å². The highest BCUT2D eigenvalue weighted by molar-refractivity contribution is 6.26. The third-order valence-corrected chi connectivity index (χ3v) is 4.25. The third kappa shape index (κ3) is 2.71. The smallest absolute Gasteiger partial charge is 0.260 e. The largest absolute Gasteiger partial charge is 0.298 e. The Bertz CT molecular complexity index is 1060. The van der Waals surface area contributed by atoms with Gasteiger partial charge in [0.1, 0.15) is 12.4 Å². The molecule has 4 rings (SSSR count). The van der Waals surface area contributed by atoms with Crippen LogP contribution in [-0.2, 0) is 4.79 Å². The van der Waals surface area contributed by atoms with E-state index in [1.165, 1.54) is 17.2 Å². The molecule has 0 aromatic heterocycles. The number of carbonyl (C=O) groups excluding carboxylic acids is 2. The Balaban J connectivity index is 1.50. The first kappa shape index (κ1) is 16.0. The van der Waals surface area contributed by atoms with Crippen molar-refractivity contribution in [2.75, 3.05) is 11.4 Å². The summed E-state index contributed by atoms with van der Waals surface area (Å²) in [5, 5.41) is 5.57. The molecule has 0 spiro atoms. The highest BCUT2D eigenvalue weighted by Crippen LogP contribution is 2.36. The van der Waals surface area contributed by atoms with Crippen molar-refractivity contribution in [3.63, 3.8) is 0 Å². The van der Waals surface area contributed by atoms with Gasteiger partial charge in [-0.3, -0.25) is 14.5 Å². The van der Waals surface area contributed by atoms with Gasteiger partial charge in [-0.05, 0) is 23.6 Å². The fourth-order valence-electron chi connectivity index (χ4n) is 3.07. The van der Waals surface area contributed by atoms with Gasteiger partial charge in [0.2, 0.25) is 0 Å². The van der Waals surface area contributed by atoms with Crippen molar-refractivity contribution in [3.8, 4) is 0 Å². The van der Waals surface area contributed by atoms with Crippen LogP contribution in [0.1, 0.15) is 15.9 Å². The van der Waals surface area contributed by atoms with Crippen molar-refractivity contribution in [1.82, 2.24) is 5.43 Å². The topological polar surface area (TPSA) is 61.8 Å². The molecule has 0 fully saturated rings. The first-order valence-electron chi connectivity index (χ1n) is 8.05. The molecular formula is C20H14FN3O2. The lowest BCUT2D eigenvalue weighted by Gasteiger charge is -2.16. The SMILES string of the molecule is O=C(CN1C(=O)c2cccc3cccc1c23)N/N=C\c1ccccc1F. The molecule has 6 heteroatoms. The van der Waals surface area contributed by atoms with E-state index in [9.17, 15) is 14.0 Å². The lowest BCUT2D eigenvalue weighted by molar-refractivity contribution is -0.119. The molecule has 3 aromatic rings. The second-order valence-electron chi connectivity index (χ2n) is 5.89. The van der Waals surface area contributed by atoms with Crippen molar-refractivity contribution in [1.29, 1.82) is 0 Å². The molecule has 0 atom stereocenters. The Morgan fingerprint density at radius 3 is 2.65 bits per heavy atom. The van der Waals surface area contributed by atoms with E-state index < -0.39 is 11.7 Å². The Kier molecular flexibility index (Phi) is 3.93. The molecule has 0 unspecified atom stereocenters. The number of amides is 2. The Morgan fingerprint density at radius 1 is 1.08 bits per heavy atom. The molecule has 5 nitrogen and oxygen atoms in total. The number of nitrogens with zero attached hydrogens (tertiary/aromatic N) is 2. The van der Waals surface area contributed by atoms with E-state index in [0.29, 0.717) is 11.3 Å². The fraction of sp³-hybridized carbons (Fsp3) is 0.0500. The molecule has 1 aliphatic heterocycles. The van der Waals surface area contributed by atoms with Gasteiger partial charge in [0.05, 0.1) is 11.9 Å². The summed E-state index contributed by atoms with van der Waals surface area (Å²) in [5.74, 6) is -1.11. The Hall–Kier alpha value is -3.54. The molecule has 3 aromatic carbocycles. The van der Waals surface area contributed by atoms with E-state index in [4.69, 9.17) is 0 Å². The van der Waals surface area contributed by atoms with Crippen molar-refractivity contribution in [3.05, 3.63) is 77.6 Å². The summed E-state index contributed by atoms with van der Waals surface area (Å²) in [5.41, 5.74) is 3.89. The van der Waals surface area contributed by atoms with Gasteiger partial charge in [-0.2, -0.15) is 5.10 Å². The van der Waals surface area contributed by atoms with Crippen molar-refractivity contribution in [2.24, 2.45) is 5.10 Å². The van der Waals surface area contributed by atoms with Gasteiger partial charge in [0.15, 0.2) is 0 Å². The number of hydrogen-bond donors (Lipinski definition) is 1. The summed E-state index contributed by atoms with van der Waals surface area (Å²) in [6.45, 7) is -0.165. The van der Waals surface area contributed by atoms with Crippen LogP contribution in [0.4, 0.5) is 10.1 Å². The van der Waals surface area contributed by atoms with Crippen LogP contribution in [0.5, 0.6) is 0 Å². The maximum atomic E-state index is 13.5. The second-order valence-corrected chi connectivity index (χ2v) is 5.89. The number of halogens is 1. The molecule has 1 heterocycles. The third-order valence-electron chi connectivity index (χ3n) is 4.25. The zero-order chi connectivity index (χ0) is 18.1. The molecule has 1 N–H and O–H groups in total. The van der Waals surface area contributed by atoms with Gasteiger partial charge in [0.25, 0.3) is 11.8 Å². The number of rotatable bonds is 4. The van der Waals surface area contributed by atoms with Crippen LogP contribution in [0.25, 0.3) is 10.8 Å². The predicted octanol–water partition coefficient (Wildman–Crippen LogP) is 3.09. The first-order valence-corrected chi connectivity index (χ1v) is 8.05. The van der Waals surface area contributed by atoms with Crippen LogP contribution >= 0.6 is 0 Å². The molecular weight excluding hydrogens is 333 g/mol. The van der Waals surface area contributed by atoms with Crippen LogP contribution in [0, 0.1) is 5.82 Å². The van der Waals surface area contributed by atoms with E-state index in [1.54, 1.807) is 24.3 Å². The number of benzene rings is 3. The molecule has 128 valence electrons. The summed E-state index contributed by atoms with van der Waals surface area (Å²) < 4.78 is 13.5. The number of carbonyl (C=O) groups is 2. The quantitative estimate of drug-likeness (QED) is 0.582. The normalized spacial score (nSPS) is 13.0. The number of nitrogens with one attached hydrogen (secondary N) is 1. The van der Waals surface area contributed by atoms with E-state index in [0.717, 1.165) is 10.8 Å². The summed E-state index contributed by atoms with van der Waals surface area (Å²) in [7, 11) is 0. The fourth-order valence-corrected chi connectivity index (χ4v) is 3.07. The van der Waals surface area contributed by atoms with Crippen LogP contribution in [-0.4, -0.2) is 24.6 Å². The minimum Gasteiger partial charge on any atom is -0.298 e. The maximum Gasteiger partial charge on any atom is 0.260 e. The summed E-state index contributed by atoms with van der Waals surface area (Å²) >= 11 is 0. The van der Waals surface area contributed by atoms with E-state index in [2.05, 4.69) is 10.5 Å². The lowest BCUT2D eigenvalue weighted by atomic mass is 10.1. The molecule has 0 saturated heterocycles. The molecule has 1 aliphatic rings.